The van der Waals surface area contributed by atoms with Crippen molar-refractivity contribution in [3.05, 3.63) is 29.6 Å². The van der Waals surface area contributed by atoms with E-state index >= 15 is 0 Å². The van der Waals surface area contributed by atoms with Crippen molar-refractivity contribution >= 4 is 34.4 Å². The number of hydrogen-bond donors (Lipinski definition) is 0. The molecule has 2 heterocycles. The number of fused-ring (bicyclic) bond motifs is 1. The van der Waals surface area contributed by atoms with E-state index in [1.54, 1.807) is 0 Å². The van der Waals surface area contributed by atoms with E-state index in [-0.39, 0.29) is 11.9 Å². The summed E-state index contributed by atoms with van der Waals surface area (Å²) in [6.07, 6.45) is -3.34. The highest BCUT2D eigenvalue weighted by Crippen LogP contribution is 2.35. The van der Waals surface area contributed by atoms with Crippen molar-refractivity contribution in [1.29, 1.82) is 0 Å². The highest BCUT2D eigenvalue weighted by atomic mass is 35.5. The summed E-state index contributed by atoms with van der Waals surface area (Å²) in [5.41, 5.74) is 0.435. The summed E-state index contributed by atoms with van der Waals surface area (Å²) in [5, 5.41) is 0. The number of thioether (sulfide) groups is 1. The molecule has 7 heteroatoms. The third kappa shape index (κ3) is 2.39. The molecule has 1 fully saturated rings. The minimum Gasteiger partial charge on any atom is -0.323 e. The van der Waals surface area contributed by atoms with E-state index < -0.39 is 11.7 Å². The quantitative estimate of drug-likeness (QED) is 0.760. The first kappa shape index (κ1) is 14.1. The second kappa shape index (κ2) is 5.15. The lowest BCUT2D eigenvalue weighted by molar-refractivity contribution is -0.137. The highest BCUT2D eigenvalue weighted by Gasteiger charge is 2.31. The molecule has 1 atom stereocenters. The molecule has 0 bridgehead atoms. The minimum absolute atomic E-state index is 0.206. The molecule has 0 amide bonds. The predicted octanol–water partition coefficient (Wildman–Crippen LogP) is 4.47. The Hall–Kier alpha value is -0.880. The lowest BCUT2D eigenvalue weighted by Crippen LogP contribution is -2.11. The summed E-state index contributed by atoms with van der Waals surface area (Å²) in [6.45, 7) is 0. The Labute approximate surface area is 123 Å². The molecule has 1 aromatic carbocycles. The normalized spacial score (nSPS) is 19.9. The Kier molecular flexibility index (Phi) is 3.62. The topological polar surface area (TPSA) is 17.8 Å². The van der Waals surface area contributed by atoms with Crippen LogP contribution in [-0.4, -0.2) is 21.1 Å². The van der Waals surface area contributed by atoms with E-state index in [1.165, 1.54) is 6.07 Å². The third-order valence-electron chi connectivity index (χ3n) is 3.48. The maximum atomic E-state index is 12.7. The van der Waals surface area contributed by atoms with Crippen molar-refractivity contribution in [2.24, 2.45) is 0 Å². The standard InChI is InChI=1S/C13H12ClF3N2S/c14-6-12-18-10-5-8(13(15,16)17)1-2-11(10)19(12)9-3-4-20-7-9/h1-2,5,9H,3-4,6-7H2. The predicted molar refractivity (Wildman–Crippen MR) is 75.3 cm³/mol. The van der Waals surface area contributed by atoms with Crippen molar-refractivity contribution in [3.8, 4) is 0 Å². The molecular formula is C13H12ClF3N2S. The third-order valence-corrected chi connectivity index (χ3v) is 4.86. The van der Waals surface area contributed by atoms with E-state index in [4.69, 9.17) is 11.6 Å². The Morgan fingerprint density at radius 3 is 2.80 bits per heavy atom. The maximum absolute atomic E-state index is 12.7. The van der Waals surface area contributed by atoms with Crippen LogP contribution < -0.4 is 0 Å². The molecule has 0 radical (unpaired) electrons. The average Bonchev–Trinajstić information content (AvgIpc) is 3.02. The van der Waals surface area contributed by atoms with Gasteiger partial charge in [-0.15, -0.1) is 11.6 Å². The smallest absolute Gasteiger partial charge is 0.323 e. The molecule has 1 saturated heterocycles. The molecule has 2 aromatic rings. The van der Waals surface area contributed by atoms with Gasteiger partial charge in [0.05, 0.1) is 22.5 Å². The van der Waals surface area contributed by atoms with Crippen LogP contribution in [0.3, 0.4) is 0 Å². The van der Waals surface area contributed by atoms with E-state index in [0.717, 1.165) is 35.6 Å². The summed E-state index contributed by atoms with van der Waals surface area (Å²) < 4.78 is 40.2. The summed E-state index contributed by atoms with van der Waals surface area (Å²) in [7, 11) is 0. The molecule has 1 unspecified atom stereocenters. The monoisotopic (exact) mass is 320 g/mol. The van der Waals surface area contributed by atoms with Crippen LogP contribution in [0.1, 0.15) is 23.9 Å². The fourth-order valence-corrected chi connectivity index (χ4v) is 3.93. The van der Waals surface area contributed by atoms with Crippen LogP contribution in [0.2, 0.25) is 0 Å². The second-order valence-corrected chi connectivity index (χ2v) is 6.17. The molecule has 2 nitrogen and oxygen atoms in total. The number of halogens is 4. The SMILES string of the molecule is FC(F)(F)c1ccc2c(c1)nc(CCl)n2C1CCSC1. The number of aromatic nitrogens is 2. The molecular weight excluding hydrogens is 309 g/mol. The first-order valence-electron chi connectivity index (χ1n) is 6.22. The Morgan fingerprint density at radius 2 is 2.20 bits per heavy atom. The number of nitrogens with zero attached hydrogens (tertiary/aromatic N) is 2. The second-order valence-electron chi connectivity index (χ2n) is 4.75. The van der Waals surface area contributed by atoms with Crippen molar-refractivity contribution in [2.75, 3.05) is 11.5 Å². The van der Waals surface area contributed by atoms with Gasteiger partial charge in [0.25, 0.3) is 0 Å². The Morgan fingerprint density at radius 1 is 1.40 bits per heavy atom. The van der Waals surface area contributed by atoms with Gasteiger partial charge in [0.2, 0.25) is 0 Å². The lowest BCUT2D eigenvalue weighted by Gasteiger charge is -2.15. The number of imidazole rings is 1. The molecule has 0 N–H and O–H groups in total. The number of alkyl halides is 4. The molecule has 0 saturated carbocycles. The largest absolute Gasteiger partial charge is 0.416 e. The van der Waals surface area contributed by atoms with Gasteiger partial charge in [0.15, 0.2) is 0 Å². The van der Waals surface area contributed by atoms with E-state index in [1.807, 2.05) is 16.3 Å². The van der Waals surface area contributed by atoms with Crippen LogP contribution in [0, 0.1) is 0 Å². The Bertz CT molecular complexity index is 632. The maximum Gasteiger partial charge on any atom is 0.416 e. The van der Waals surface area contributed by atoms with E-state index in [2.05, 4.69) is 4.98 Å². The van der Waals surface area contributed by atoms with Crippen LogP contribution in [0.5, 0.6) is 0 Å². The first-order valence-corrected chi connectivity index (χ1v) is 7.91. The molecule has 1 aromatic heterocycles. The highest BCUT2D eigenvalue weighted by molar-refractivity contribution is 7.99. The lowest BCUT2D eigenvalue weighted by atomic mass is 10.2. The summed E-state index contributed by atoms with van der Waals surface area (Å²) >= 11 is 7.74. The first-order chi connectivity index (χ1) is 9.50. The number of benzene rings is 1. The zero-order valence-corrected chi connectivity index (χ0v) is 12.0. The van der Waals surface area contributed by atoms with Gasteiger partial charge in [-0.05, 0) is 30.4 Å². The van der Waals surface area contributed by atoms with Crippen LogP contribution in [-0.2, 0) is 12.1 Å². The van der Waals surface area contributed by atoms with Crippen LogP contribution in [0.4, 0.5) is 13.2 Å². The van der Waals surface area contributed by atoms with E-state index in [0.29, 0.717) is 11.3 Å². The van der Waals surface area contributed by atoms with Gasteiger partial charge in [-0.25, -0.2) is 4.98 Å². The molecule has 3 rings (SSSR count). The van der Waals surface area contributed by atoms with Gasteiger partial charge < -0.3 is 4.57 Å². The summed E-state index contributed by atoms with van der Waals surface area (Å²) in [6, 6.07) is 3.99. The van der Waals surface area contributed by atoms with Gasteiger partial charge in [-0.3, -0.25) is 0 Å². The van der Waals surface area contributed by atoms with Crippen LogP contribution in [0.15, 0.2) is 18.2 Å². The van der Waals surface area contributed by atoms with Crippen molar-refractivity contribution in [1.82, 2.24) is 9.55 Å². The molecule has 20 heavy (non-hydrogen) atoms. The number of hydrogen-bond acceptors (Lipinski definition) is 2. The molecule has 0 spiro atoms. The zero-order chi connectivity index (χ0) is 14.3. The van der Waals surface area contributed by atoms with Crippen LogP contribution in [0.25, 0.3) is 11.0 Å². The fourth-order valence-electron chi connectivity index (χ4n) is 2.55. The van der Waals surface area contributed by atoms with Gasteiger partial charge >= 0.3 is 6.18 Å². The molecule has 1 aliphatic heterocycles. The Balaban J connectivity index is 2.14. The van der Waals surface area contributed by atoms with Gasteiger partial charge in [-0.2, -0.15) is 24.9 Å². The van der Waals surface area contributed by atoms with Crippen LogP contribution >= 0.6 is 23.4 Å². The minimum atomic E-state index is -4.34. The average molecular weight is 321 g/mol. The number of rotatable bonds is 2. The van der Waals surface area contributed by atoms with Crippen molar-refractivity contribution in [3.63, 3.8) is 0 Å². The zero-order valence-electron chi connectivity index (χ0n) is 10.5. The summed E-state index contributed by atoms with van der Waals surface area (Å²) in [4.78, 5) is 4.27. The molecule has 1 aliphatic rings. The molecule has 0 aliphatic carbocycles. The van der Waals surface area contributed by atoms with Crippen molar-refractivity contribution in [2.45, 2.75) is 24.5 Å². The van der Waals surface area contributed by atoms with Crippen molar-refractivity contribution < 1.29 is 13.2 Å². The fraction of sp³-hybridized carbons (Fsp3) is 0.462. The van der Waals surface area contributed by atoms with E-state index in [9.17, 15) is 13.2 Å². The summed E-state index contributed by atoms with van der Waals surface area (Å²) in [5.74, 6) is 2.87. The molecule has 108 valence electrons. The van der Waals surface area contributed by atoms with Gasteiger partial charge in [0.1, 0.15) is 5.82 Å². The van der Waals surface area contributed by atoms with Gasteiger partial charge in [-0.1, -0.05) is 0 Å². The van der Waals surface area contributed by atoms with Gasteiger partial charge in [0, 0.05) is 11.8 Å².